The molecule has 0 amide bonds. The average molecular weight is 287 g/mol. The average Bonchev–Trinajstić information content (AvgIpc) is 2.80. The van der Waals surface area contributed by atoms with Crippen molar-refractivity contribution in [3.05, 3.63) is 71.8 Å². The number of carbonyl (C=O) groups is 1. The summed E-state index contributed by atoms with van der Waals surface area (Å²) < 4.78 is 0. The standard InChI is InChI=1S/C20H17NO/c1-13-7-10-16(11-8-13)21-14(2)20(22)19-17-6-4-3-5-15(17)9-12-18(19)21/h3-12,14H,1-2H3. The third-order valence-corrected chi connectivity index (χ3v) is 4.49. The van der Waals surface area contributed by atoms with Gasteiger partial charge in [-0.3, -0.25) is 4.79 Å². The lowest BCUT2D eigenvalue weighted by Gasteiger charge is -2.24. The number of carbonyl (C=O) groups excluding carboxylic acids is 1. The van der Waals surface area contributed by atoms with Crippen LogP contribution in [-0.2, 0) is 0 Å². The smallest absolute Gasteiger partial charge is 0.188 e. The highest BCUT2D eigenvalue weighted by Crippen LogP contribution is 2.41. The zero-order valence-electron chi connectivity index (χ0n) is 12.7. The van der Waals surface area contributed by atoms with Crippen molar-refractivity contribution in [1.29, 1.82) is 0 Å². The Morgan fingerprint density at radius 2 is 1.64 bits per heavy atom. The number of aryl methyl sites for hydroxylation is 1. The van der Waals surface area contributed by atoms with E-state index in [-0.39, 0.29) is 11.8 Å². The number of Topliss-reactive ketones (excluding diaryl/α,β-unsaturated/α-hetero) is 1. The van der Waals surface area contributed by atoms with E-state index >= 15 is 0 Å². The van der Waals surface area contributed by atoms with E-state index in [1.807, 2.05) is 25.1 Å². The molecule has 22 heavy (non-hydrogen) atoms. The highest BCUT2D eigenvalue weighted by molar-refractivity contribution is 6.20. The molecule has 1 heterocycles. The van der Waals surface area contributed by atoms with Gasteiger partial charge in [0.2, 0.25) is 0 Å². The maximum absolute atomic E-state index is 12.8. The third kappa shape index (κ3) is 1.77. The SMILES string of the molecule is Cc1ccc(N2c3ccc4ccccc4c3C(=O)C2C)cc1. The van der Waals surface area contributed by atoms with Crippen molar-refractivity contribution in [3.63, 3.8) is 0 Å². The van der Waals surface area contributed by atoms with Crippen LogP contribution in [0.15, 0.2) is 60.7 Å². The number of ketones is 1. The van der Waals surface area contributed by atoms with Crippen molar-refractivity contribution >= 4 is 27.9 Å². The van der Waals surface area contributed by atoms with Gasteiger partial charge in [-0.25, -0.2) is 0 Å². The fourth-order valence-corrected chi connectivity index (χ4v) is 3.32. The summed E-state index contributed by atoms with van der Waals surface area (Å²) in [6.07, 6.45) is 0. The lowest BCUT2D eigenvalue weighted by Crippen LogP contribution is -2.27. The van der Waals surface area contributed by atoms with Gasteiger partial charge in [0.05, 0.1) is 17.3 Å². The van der Waals surface area contributed by atoms with Crippen LogP contribution in [0.5, 0.6) is 0 Å². The van der Waals surface area contributed by atoms with E-state index in [4.69, 9.17) is 0 Å². The molecule has 0 bridgehead atoms. The summed E-state index contributed by atoms with van der Waals surface area (Å²) in [5.41, 5.74) is 4.16. The van der Waals surface area contributed by atoms with Crippen molar-refractivity contribution < 1.29 is 4.79 Å². The zero-order valence-corrected chi connectivity index (χ0v) is 12.7. The molecule has 0 saturated carbocycles. The minimum absolute atomic E-state index is 0.163. The van der Waals surface area contributed by atoms with Gasteiger partial charge >= 0.3 is 0 Å². The van der Waals surface area contributed by atoms with Crippen LogP contribution in [-0.4, -0.2) is 11.8 Å². The second-order valence-corrected chi connectivity index (χ2v) is 5.93. The summed E-state index contributed by atoms with van der Waals surface area (Å²) in [5.74, 6) is 0.201. The molecule has 0 aliphatic carbocycles. The van der Waals surface area contributed by atoms with Crippen molar-refractivity contribution in [2.45, 2.75) is 19.9 Å². The molecule has 0 fully saturated rings. The van der Waals surface area contributed by atoms with Gasteiger partial charge in [-0.2, -0.15) is 0 Å². The van der Waals surface area contributed by atoms with Crippen LogP contribution in [0.4, 0.5) is 11.4 Å². The van der Waals surface area contributed by atoms with Gasteiger partial charge in [-0.1, -0.05) is 48.0 Å². The number of rotatable bonds is 1. The Kier molecular flexibility index (Phi) is 2.80. The highest BCUT2D eigenvalue weighted by Gasteiger charge is 2.36. The molecule has 1 unspecified atom stereocenters. The Morgan fingerprint density at radius 1 is 0.909 bits per heavy atom. The van der Waals surface area contributed by atoms with E-state index in [0.717, 1.165) is 27.7 Å². The second kappa shape index (κ2) is 4.70. The monoisotopic (exact) mass is 287 g/mol. The minimum atomic E-state index is -0.163. The fraction of sp³-hybridized carbons (Fsp3) is 0.150. The van der Waals surface area contributed by atoms with Gasteiger partial charge in [0.25, 0.3) is 0 Å². The second-order valence-electron chi connectivity index (χ2n) is 5.93. The molecule has 2 heteroatoms. The largest absolute Gasteiger partial charge is 0.330 e. The predicted molar refractivity (Wildman–Crippen MR) is 91.1 cm³/mol. The number of benzene rings is 3. The summed E-state index contributed by atoms with van der Waals surface area (Å²) in [6.45, 7) is 4.06. The Balaban J connectivity index is 1.96. The summed E-state index contributed by atoms with van der Waals surface area (Å²) in [6, 6.07) is 20.5. The summed E-state index contributed by atoms with van der Waals surface area (Å²) in [7, 11) is 0. The quantitative estimate of drug-likeness (QED) is 0.636. The Hall–Kier alpha value is -2.61. The first-order valence-electron chi connectivity index (χ1n) is 7.58. The van der Waals surface area contributed by atoms with Crippen LogP contribution in [0.3, 0.4) is 0 Å². The van der Waals surface area contributed by atoms with Crippen LogP contribution in [0, 0.1) is 6.92 Å². The summed E-state index contributed by atoms with van der Waals surface area (Å²) >= 11 is 0. The molecule has 3 aromatic carbocycles. The number of anilines is 2. The van der Waals surface area contributed by atoms with Crippen LogP contribution < -0.4 is 4.90 Å². The first-order chi connectivity index (χ1) is 10.7. The summed E-state index contributed by atoms with van der Waals surface area (Å²) in [4.78, 5) is 15.0. The van der Waals surface area contributed by atoms with Crippen LogP contribution in [0.1, 0.15) is 22.8 Å². The molecule has 0 radical (unpaired) electrons. The van der Waals surface area contributed by atoms with Crippen molar-refractivity contribution in [3.8, 4) is 0 Å². The number of fused-ring (bicyclic) bond motifs is 3. The highest BCUT2D eigenvalue weighted by atomic mass is 16.1. The van der Waals surface area contributed by atoms with Crippen LogP contribution in [0.25, 0.3) is 10.8 Å². The topological polar surface area (TPSA) is 20.3 Å². The molecule has 4 rings (SSSR count). The van der Waals surface area contributed by atoms with Crippen LogP contribution >= 0.6 is 0 Å². The Bertz CT molecular complexity index is 880. The van der Waals surface area contributed by atoms with E-state index in [0.29, 0.717) is 0 Å². The van der Waals surface area contributed by atoms with Gasteiger partial charge in [0.15, 0.2) is 5.78 Å². The molecule has 3 aromatic rings. The first kappa shape index (κ1) is 13.1. The minimum Gasteiger partial charge on any atom is -0.330 e. The molecule has 1 aliphatic heterocycles. The van der Waals surface area contributed by atoms with Crippen LogP contribution in [0.2, 0.25) is 0 Å². The number of hydrogen-bond donors (Lipinski definition) is 0. The van der Waals surface area contributed by atoms with E-state index < -0.39 is 0 Å². The normalized spacial score (nSPS) is 17.1. The lowest BCUT2D eigenvalue weighted by molar-refractivity contribution is 0.0981. The van der Waals surface area contributed by atoms with Gasteiger partial charge < -0.3 is 4.90 Å². The van der Waals surface area contributed by atoms with Crippen molar-refractivity contribution in [2.24, 2.45) is 0 Å². The molecule has 108 valence electrons. The maximum Gasteiger partial charge on any atom is 0.188 e. The Labute approximate surface area is 130 Å². The van der Waals surface area contributed by atoms with E-state index in [1.54, 1.807) is 0 Å². The third-order valence-electron chi connectivity index (χ3n) is 4.49. The fourth-order valence-electron chi connectivity index (χ4n) is 3.32. The molecule has 0 aromatic heterocycles. The Morgan fingerprint density at radius 3 is 2.41 bits per heavy atom. The molecule has 2 nitrogen and oxygen atoms in total. The van der Waals surface area contributed by atoms with E-state index in [9.17, 15) is 4.79 Å². The van der Waals surface area contributed by atoms with Crippen molar-refractivity contribution in [1.82, 2.24) is 0 Å². The maximum atomic E-state index is 12.8. The number of hydrogen-bond acceptors (Lipinski definition) is 2. The number of nitrogens with zero attached hydrogens (tertiary/aromatic N) is 1. The molecular weight excluding hydrogens is 270 g/mol. The summed E-state index contributed by atoms with van der Waals surface area (Å²) in [5, 5.41) is 2.17. The molecule has 1 atom stereocenters. The lowest BCUT2D eigenvalue weighted by atomic mass is 10.0. The van der Waals surface area contributed by atoms with E-state index in [2.05, 4.69) is 54.3 Å². The van der Waals surface area contributed by atoms with Gasteiger partial charge in [-0.15, -0.1) is 0 Å². The molecule has 0 saturated heterocycles. The molecular formula is C20H17NO. The van der Waals surface area contributed by atoms with Gasteiger partial charge in [0.1, 0.15) is 0 Å². The van der Waals surface area contributed by atoms with Gasteiger partial charge in [-0.05, 0) is 42.8 Å². The van der Waals surface area contributed by atoms with Crippen molar-refractivity contribution in [2.75, 3.05) is 4.90 Å². The molecule has 0 spiro atoms. The van der Waals surface area contributed by atoms with E-state index in [1.165, 1.54) is 5.56 Å². The molecule has 0 N–H and O–H groups in total. The predicted octanol–water partition coefficient (Wildman–Crippen LogP) is 4.87. The first-order valence-corrected chi connectivity index (χ1v) is 7.58. The van der Waals surface area contributed by atoms with Gasteiger partial charge in [0, 0.05) is 5.69 Å². The zero-order chi connectivity index (χ0) is 15.3. The molecule has 1 aliphatic rings.